The molecule has 1 aromatic heterocycles. The minimum absolute atomic E-state index is 0.226. The van der Waals surface area contributed by atoms with E-state index in [-0.39, 0.29) is 10.3 Å². The molecule has 0 saturated heterocycles. The van der Waals surface area contributed by atoms with Crippen molar-refractivity contribution in [3.63, 3.8) is 0 Å². The molecule has 0 saturated carbocycles. The SMILES string of the molecule is CCC(C)Sc1nc(Cl)c(F)c(Cl)n1. The molecule has 0 amide bonds. The van der Waals surface area contributed by atoms with Crippen LogP contribution in [-0.4, -0.2) is 15.2 Å². The highest BCUT2D eigenvalue weighted by molar-refractivity contribution is 7.99. The zero-order valence-corrected chi connectivity index (χ0v) is 10.0. The molecule has 0 radical (unpaired) electrons. The first-order valence-corrected chi connectivity index (χ1v) is 5.73. The minimum Gasteiger partial charge on any atom is -0.207 e. The summed E-state index contributed by atoms with van der Waals surface area (Å²) in [6, 6.07) is 0. The van der Waals surface area contributed by atoms with E-state index in [1.165, 1.54) is 11.8 Å². The molecule has 0 N–H and O–H groups in total. The average Bonchev–Trinajstić information content (AvgIpc) is 2.14. The molecule has 0 aliphatic rings. The Morgan fingerprint density at radius 3 is 2.29 bits per heavy atom. The number of aromatic nitrogens is 2. The zero-order chi connectivity index (χ0) is 10.7. The largest absolute Gasteiger partial charge is 0.207 e. The van der Waals surface area contributed by atoms with Gasteiger partial charge >= 0.3 is 0 Å². The van der Waals surface area contributed by atoms with Gasteiger partial charge in [-0.3, -0.25) is 0 Å². The van der Waals surface area contributed by atoms with E-state index >= 15 is 0 Å². The quantitative estimate of drug-likeness (QED) is 0.466. The van der Waals surface area contributed by atoms with E-state index < -0.39 is 5.82 Å². The van der Waals surface area contributed by atoms with Gasteiger partial charge in [0, 0.05) is 5.25 Å². The second kappa shape index (κ2) is 5.14. The Kier molecular flexibility index (Phi) is 4.41. The van der Waals surface area contributed by atoms with E-state index in [1.54, 1.807) is 0 Å². The lowest BCUT2D eigenvalue weighted by atomic mass is 10.4. The standard InChI is InChI=1S/C8H9Cl2FN2S/c1-3-4(2)14-8-12-6(9)5(11)7(10)13-8/h4H,3H2,1-2H3. The Morgan fingerprint density at radius 1 is 1.36 bits per heavy atom. The number of thioether (sulfide) groups is 1. The van der Waals surface area contributed by atoms with Gasteiger partial charge in [-0.1, -0.05) is 48.8 Å². The summed E-state index contributed by atoms with van der Waals surface area (Å²) in [5.41, 5.74) is 0. The van der Waals surface area contributed by atoms with Gasteiger partial charge in [-0.15, -0.1) is 0 Å². The number of halogens is 3. The topological polar surface area (TPSA) is 25.8 Å². The van der Waals surface area contributed by atoms with E-state index in [4.69, 9.17) is 23.2 Å². The lowest BCUT2D eigenvalue weighted by Gasteiger charge is -2.06. The fraction of sp³-hybridized carbons (Fsp3) is 0.500. The van der Waals surface area contributed by atoms with E-state index in [0.29, 0.717) is 10.4 Å². The second-order valence-electron chi connectivity index (χ2n) is 2.74. The van der Waals surface area contributed by atoms with Gasteiger partial charge in [0.05, 0.1) is 0 Å². The Balaban J connectivity index is 2.89. The first-order valence-electron chi connectivity index (χ1n) is 4.09. The molecule has 1 aromatic rings. The lowest BCUT2D eigenvalue weighted by Crippen LogP contribution is -1.98. The Labute approximate surface area is 96.2 Å². The fourth-order valence-corrected chi connectivity index (χ4v) is 1.99. The number of hydrogen-bond donors (Lipinski definition) is 0. The summed E-state index contributed by atoms with van der Waals surface area (Å²) in [7, 11) is 0. The molecule has 2 nitrogen and oxygen atoms in total. The van der Waals surface area contributed by atoms with Crippen molar-refractivity contribution in [1.29, 1.82) is 0 Å². The van der Waals surface area contributed by atoms with Gasteiger partial charge in [-0.05, 0) is 6.42 Å². The Hall–Kier alpha value is -0.0600. The third kappa shape index (κ3) is 2.97. The van der Waals surface area contributed by atoms with Crippen molar-refractivity contribution in [2.24, 2.45) is 0 Å². The molecule has 6 heteroatoms. The van der Waals surface area contributed by atoms with Crippen molar-refractivity contribution in [2.45, 2.75) is 30.7 Å². The third-order valence-electron chi connectivity index (χ3n) is 1.63. The maximum Gasteiger partial charge on any atom is 0.197 e. The van der Waals surface area contributed by atoms with E-state index in [1.807, 2.05) is 13.8 Å². The maximum atomic E-state index is 12.9. The number of hydrogen-bond acceptors (Lipinski definition) is 3. The summed E-state index contributed by atoms with van der Waals surface area (Å²) in [5, 5.41) is 0.315. The van der Waals surface area contributed by atoms with Gasteiger partial charge in [0.2, 0.25) is 0 Å². The van der Waals surface area contributed by atoms with Crippen LogP contribution in [0.5, 0.6) is 0 Å². The molecule has 0 aromatic carbocycles. The summed E-state index contributed by atoms with van der Waals surface area (Å²) in [6.07, 6.45) is 0.973. The van der Waals surface area contributed by atoms with Crippen LogP contribution in [0.25, 0.3) is 0 Å². The van der Waals surface area contributed by atoms with E-state index in [0.717, 1.165) is 6.42 Å². The molecule has 78 valence electrons. The Bertz CT molecular complexity index is 312. The first kappa shape index (κ1) is 12.0. The number of nitrogens with zero attached hydrogens (tertiary/aromatic N) is 2. The molecule has 0 bridgehead atoms. The molecule has 0 aliphatic heterocycles. The summed E-state index contributed by atoms with van der Waals surface area (Å²) >= 11 is 12.5. The highest BCUT2D eigenvalue weighted by Crippen LogP contribution is 2.26. The summed E-state index contributed by atoms with van der Waals surface area (Å²) in [4.78, 5) is 7.56. The predicted octanol–water partition coefficient (Wildman–Crippen LogP) is 3.81. The molecule has 1 heterocycles. The lowest BCUT2D eigenvalue weighted by molar-refractivity contribution is 0.606. The highest BCUT2D eigenvalue weighted by atomic mass is 35.5. The highest BCUT2D eigenvalue weighted by Gasteiger charge is 2.12. The Morgan fingerprint density at radius 2 is 1.86 bits per heavy atom. The first-order chi connectivity index (χ1) is 6.54. The molecule has 0 aliphatic carbocycles. The monoisotopic (exact) mass is 254 g/mol. The zero-order valence-electron chi connectivity index (χ0n) is 7.72. The van der Waals surface area contributed by atoms with Gasteiger partial charge < -0.3 is 0 Å². The van der Waals surface area contributed by atoms with Crippen LogP contribution >= 0.6 is 35.0 Å². The van der Waals surface area contributed by atoms with Crippen LogP contribution in [0.1, 0.15) is 20.3 Å². The molecular formula is C8H9Cl2FN2S. The third-order valence-corrected chi connectivity index (χ3v) is 3.26. The van der Waals surface area contributed by atoms with Crippen LogP contribution in [-0.2, 0) is 0 Å². The van der Waals surface area contributed by atoms with Crippen LogP contribution in [0.15, 0.2) is 5.16 Å². The van der Waals surface area contributed by atoms with Crippen molar-refractivity contribution in [3.8, 4) is 0 Å². The summed E-state index contributed by atoms with van der Waals surface area (Å²) in [6.45, 7) is 4.07. The van der Waals surface area contributed by atoms with Gasteiger partial charge in [-0.2, -0.15) is 0 Å². The van der Waals surface area contributed by atoms with Crippen molar-refractivity contribution in [3.05, 3.63) is 16.1 Å². The van der Waals surface area contributed by atoms with E-state index in [9.17, 15) is 4.39 Å². The predicted molar refractivity (Wildman–Crippen MR) is 57.6 cm³/mol. The van der Waals surface area contributed by atoms with Crippen LogP contribution < -0.4 is 0 Å². The van der Waals surface area contributed by atoms with Gasteiger partial charge in [0.1, 0.15) is 0 Å². The van der Waals surface area contributed by atoms with Crippen LogP contribution in [0.2, 0.25) is 10.3 Å². The van der Waals surface area contributed by atoms with Crippen LogP contribution in [0.4, 0.5) is 4.39 Å². The second-order valence-corrected chi connectivity index (χ2v) is 4.86. The normalized spacial score (nSPS) is 12.9. The molecule has 0 fully saturated rings. The molecule has 14 heavy (non-hydrogen) atoms. The van der Waals surface area contributed by atoms with Crippen LogP contribution in [0.3, 0.4) is 0 Å². The molecule has 0 spiro atoms. The smallest absolute Gasteiger partial charge is 0.197 e. The molecule has 1 unspecified atom stereocenters. The van der Waals surface area contributed by atoms with Crippen molar-refractivity contribution in [2.75, 3.05) is 0 Å². The molecule has 1 atom stereocenters. The molecule has 1 rings (SSSR count). The summed E-state index contributed by atoms with van der Waals surface area (Å²) in [5.74, 6) is -0.762. The molecular weight excluding hydrogens is 246 g/mol. The summed E-state index contributed by atoms with van der Waals surface area (Å²) < 4.78 is 12.9. The van der Waals surface area contributed by atoms with Crippen LogP contribution in [0, 0.1) is 5.82 Å². The minimum atomic E-state index is -0.762. The van der Waals surface area contributed by atoms with Crippen molar-refractivity contribution >= 4 is 35.0 Å². The maximum absolute atomic E-state index is 12.9. The fourth-order valence-electron chi connectivity index (χ4n) is 0.692. The van der Waals surface area contributed by atoms with Gasteiger partial charge in [0.25, 0.3) is 0 Å². The van der Waals surface area contributed by atoms with Crippen molar-refractivity contribution < 1.29 is 4.39 Å². The van der Waals surface area contributed by atoms with Crippen molar-refractivity contribution in [1.82, 2.24) is 9.97 Å². The average molecular weight is 255 g/mol. The van der Waals surface area contributed by atoms with Gasteiger partial charge in [0.15, 0.2) is 21.3 Å². The van der Waals surface area contributed by atoms with E-state index in [2.05, 4.69) is 9.97 Å². The van der Waals surface area contributed by atoms with Gasteiger partial charge in [-0.25, -0.2) is 14.4 Å². The number of rotatable bonds is 3.